The minimum Gasteiger partial charge on any atom is -0.375 e. The van der Waals surface area contributed by atoms with Gasteiger partial charge in [0, 0.05) is 10.2 Å². The number of amides is 1. The molecule has 0 saturated carbocycles. The number of aryl methyl sites for hydroxylation is 1. The Hall–Kier alpha value is -1.24. The van der Waals surface area contributed by atoms with E-state index in [0.29, 0.717) is 5.69 Å². The normalized spacial score (nSPS) is 11.2. The molecular formula is C11H12BrF3N2O. The van der Waals surface area contributed by atoms with Crippen LogP contribution in [0.25, 0.3) is 0 Å². The summed E-state index contributed by atoms with van der Waals surface area (Å²) >= 11 is 3.28. The van der Waals surface area contributed by atoms with Gasteiger partial charge in [-0.05, 0) is 40.5 Å². The van der Waals surface area contributed by atoms with Gasteiger partial charge in [-0.1, -0.05) is 6.07 Å². The van der Waals surface area contributed by atoms with Crippen LogP contribution in [0, 0.1) is 6.92 Å². The van der Waals surface area contributed by atoms with Crippen molar-refractivity contribution >= 4 is 27.5 Å². The van der Waals surface area contributed by atoms with Crippen molar-refractivity contribution in [3.63, 3.8) is 0 Å². The van der Waals surface area contributed by atoms with E-state index in [1.54, 1.807) is 17.4 Å². The molecule has 0 radical (unpaired) electrons. The molecule has 100 valence electrons. The molecule has 1 aromatic rings. The molecule has 0 aliphatic heterocycles. The zero-order valence-electron chi connectivity index (χ0n) is 9.57. The maximum atomic E-state index is 11.9. The molecule has 0 atom stereocenters. The Balaban J connectivity index is 2.45. The molecule has 0 saturated heterocycles. The number of carbonyl (C=O) groups is 1. The van der Waals surface area contributed by atoms with E-state index in [1.165, 1.54) is 0 Å². The Morgan fingerprint density at radius 2 is 2.06 bits per heavy atom. The molecule has 7 heteroatoms. The smallest absolute Gasteiger partial charge is 0.375 e. The highest BCUT2D eigenvalue weighted by Crippen LogP contribution is 2.22. The Morgan fingerprint density at radius 1 is 1.39 bits per heavy atom. The van der Waals surface area contributed by atoms with Gasteiger partial charge in [0.05, 0.1) is 6.54 Å². The second-order valence-corrected chi connectivity index (χ2v) is 4.58. The number of anilines is 1. The highest BCUT2D eigenvalue weighted by atomic mass is 79.9. The van der Waals surface area contributed by atoms with Gasteiger partial charge in [-0.2, -0.15) is 13.2 Å². The van der Waals surface area contributed by atoms with Gasteiger partial charge in [0.25, 0.3) is 0 Å². The van der Waals surface area contributed by atoms with Gasteiger partial charge in [-0.3, -0.25) is 4.79 Å². The fourth-order valence-corrected chi connectivity index (χ4v) is 1.60. The van der Waals surface area contributed by atoms with Crippen LogP contribution in [0.15, 0.2) is 22.7 Å². The number of rotatable bonds is 4. The maximum Gasteiger partial charge on any atom is 0.405 e. The second kappa shape index (κ2) is 6.08. The van der Waals surface area contributed by atoms with E-state index in [2.05, 4.69) is 21.2 Å². The molecule has 1 amide bonds. The van der Waals surface area contributed by atoms with Crippen LogP contribution >= 0.6 is 15.9 Å². The number of alkyl halides is 3. The number of halogens is 4. The number of benzene rings is 1. The molecule has 1 rings (SSSR count). The quantitative estimate of drug-likeness (QED) is 0.894. The highest BCUT2D eigenvalue weighted by molar-refractivity contribution is 9.10. The summed E-state index contributed by atoms with van der Waals surface area (Å²) in [6, 6.07) is 5.46. The van der Waals surface area contributed by atoms with Crippen molar-refractivity contribution in [1.82, 2.24) is 5.32 Å². The number of nitrogens with one attached hydrogen (secondary N) is 2. The summed E-state index contributed by atoms with van der Waals surface area (Å²) in [4.78, 5) is 11.2. The molecule has 0 fully saturated rings. The molecule has 0 spiro atoms. The molecule has 18 heavy (non-hydrogen) atoms. The van der Waals surface area contributed by atoms with E-state index in [-0.39, 0.29) is 6.54 Å². The molecular weight excluding hydrogens is 313 g/mol. The first-order valence-corrected chi connectivity index (χ1v) is 5.91. The SMILES string of the molecule is Cc1ccc(Br)c(NCC(=O)NCC(F)(F)F)c1. The number of hydrogen-bond acceptors (Lipinski definition) is 2. The summed E-state index contributed by atoms with van der Waals surface area (Å²) in [6.07, 6.45) is -4.39. The zero-order valence-corrected chi connectivity index (χ0v) is 11.2. The third kappa shape index (κ3) is 5.39. The molecule has 0 bridgehead atoms. The average molecular weight is 325 g/mol. The monoisotopic (exact) mass is 324 g/mol. The van der Waals surface area contributed by atoms with Crippen LogP contribution < -0.4 is 10.6 Å². The van der Waals surface area contributed by atoms with Crippen LogP contribution in [0.2, 0.25) is 0 Å². The van der Waals surface area contributed by atoms with Gasteiger partial charge in [0.1, 0.15) is 6.54 Å². The lowest BCUT2D eigenvalue weighted by Crippen LogP contribution is -2.37. The lowest BCUT2D eigenvalue weighted by atomic mass is 10.2. The Kier molecular flexibility index (Phi) is 5.01. The van der Waals surface area contributed by atoms with Crippen LogP contribution in [0.1, 0.15) is 5.56 Å². The minimum atomic E-state index is -4.39. The van der Waals surface area contributed by atoms with E-state index in [9.17, 15) is 18.0 Å². The first-order valence-electron chi connectivity index (χ1n) is 5.11. The summed E-state index contributed by atoms with van der Waals surface area (Å²) in [5.41, 5.74) is 1.65. The lowest BCUT2D eigenvalue weighted by molar-refractivity contribution is -0.137. The van der Waals surface area contributed by atoms with Gasteiger partial charge in [-0.25, -0.2) is 0 Å². The Labute approximate surface area is 111 Å². The van der Waals surface area contributed by atoms with Crippen LogP contribution in [-0.2, 0) is 4.79 Å². The van der Waals surface area contributed by atoms with Crippen LogP contribution in [0.3, 0.4) is 0 Å². The van der Waals surface area contributed by atoms with Crippen LogP contribution in [0.4, 0.5) is 18.9 Å². The summed E-state index contributed by atoms with van der Waals surface area (Å²) in [7, 11) is 0. The predicted octanol–water partition coefficient (Wildman–Crippen LogP) is 2.85. The van der Waals surface area contributed by atoms with Crippen molar-refractivity contribution in [2.24, 2.45) is 0 Å². The summed E-state index contributed by atoms with van der Waals surface area (Å²) in [6.45, 7) is 0.349. The van der Waals surface area contributed by atoms with Crippen molar-refractivity contribution in [1.29, 1.82) is 0 Å². The van der Waals surface area contributed by atoms with Crippen LogP contribution in [-0.4, -0.2) is 25.2 Å². The zero-order chi connectivity index (χ0) is 13.8. The van der Waals surface area contributed by atoms with Crippen molar-refractivity contribution < 1.29 is 18.0 Å². The van der Waals surface area contributed by atoms with Gasteiger partial charge >= 0.3 is 6.18 Å². The molecule has 1 aromatic carbocycles. The second-order valence-electron chi connectivity index (χ2n) is 3.73. The molecule has 0 aromatic heterocycles. The van der Waals surface area contributed by atoms with Gasteiger partial charge in [-0.15, -0.1) is 0 Å². The van der Waals surface area contributed by atoms with Gasteiger partial charge in [0.2, 0.25) is 5.91 Å². The van der Waals surface area contributed by atoms with Gasteiger partial charge in [0.15, 0.2) is 0 Å². The highest BCUT2D eigenvalue weighted by Gasteiger charge is 2.27. The van der Waals surface area contributed by atoms with Crippen LogP contribution in [0.5, 0.6) is 0 Å². The van der Waals surface area contributed by atoms with E-state index < -0.39 is 18.6 Å². The molecule has 3 nitrogen and oxygen atoms in total. The van der Waals surface area contributed by atoms with E-state index in [4.69, 9.17) is 0 Å². The van der Waals surface area contributed by atoms with Gasteiger partial charge < -0.3 is 10.6 Å². The predicted molar refractivity (Wildman–Crippen MR) is 66.4 cm³/mol. The third-order valence-electron chi connectivity index (χ3n) is 2.05. The van der Waals surface area contributed by atoms with E-state index >= 15 is 0 Å². The number of carbonyl (C=O) groups excluding carboxylic acids is 1. The third-order valence-corrected chi connectivity index (χ3v) is 2.74. The first-order chi connectivity index (χ1) is 8.28. The summed E-state index contributed by atoms with van der Waals surface area (Å²) in [5.74, 6) is -0.708. The minimum absolute atomic E-state index is 0.210. The van der Waals surface area contributed by atoms with Crippen molar-refractivity contribution in [3.8, 4) is 0 Å². The molecule has 0 unspecified atom stereocenters. The summed E-state index contributed by atoms with van der Waals surface area (Å²) in [5, 5.41) is 4.55. The topological polar surface area (TPSA) is 41.1 Å². The van der Waals surface area contributed by atoms with Crippen molar-refractivity contribution in [2.75, 3.05) is 18.4 Å². The Morgan fingerprint density at radius 3 is 2.67 bits per heavy atom. The molecule has 0 aliphatic rings. The maximum absolute atomic E-state index is 11.9. The average Bonchev–Trinajstić information content (AvgIpc) is 2.26. The molecule has 0 aliphatic carbocycles. The lowest BCUT2D eigenvalue weighted by Gasteiger charge is -2.11. The van der Waals surface area contributed by atoms with E-state index in [1.807, 2.05) is 13.0 Å². The van der Waals surface area contributed by atoms with Crippen molar-refractivity contribution in [2.45, 2.75) is 13.1 Å². The number of hydrogen-bond donors (Lipinski definition) is 2. The van der Waals surface area contributed by atoms with E-state index in [0.717, 1.165) is 10.0 Å². The van der Waals surface area contributed by atoms with Crippen molar-refractivity contribution in [3.05, 3.63) is 28.2 Å². The first kappa shape index (κ1) is 14.8. The fraction of sp³-hybridized carbons (Fsp3) is 0.364. The summed E-state index contributed by atoms with van der Waals surface area (Å²) < 4.78 is 36.3. The largest absolute Gasteiger partial charge is 0.405 e. The Bertz CT molecular complexity index is 435. The molecule has 2 N–H and O–H groups in total. The standard InChI is InChI=1S/C11H12BrF3N2O/c1-7-2-3-8(12)9(4-7)16-5-10(18)17-6-11(13,14)15/h2-4,16H,5-6H2,1H3,(H,17,18). The molecule has 0 heterocycles. The fourth-order valence-electron chi connectivity index (χ4n) is 1.21.